The average Bonchev–Trinajstić information content (AvgIpc) is 2.99. The predicted molar refractivity (Wildman–Crippen MR) is 78.1 cm³/mol. The van der Waals surface area contributed by atoms with Crippen LogP contribution >= 0.6 is 46.1 Å². The maximum atomic E-state index is 6.05. The Morgan fingerprint density at radius 1 is 1.05 bits per heavy atom. The number of halogens is 3. The molecule has 0 saturated heterocycles. The fourth-order valence-corrected chi connectivity index (χ4v) is 2.98. The molecule has 0 bridgehead atoms. The van der Waals surface area contributed by atoms with Gasteiger partial charge in [-0.05, 0) is 24.3 Å². The second-order valence-corrected chi connectivity index (χ2v) is 5.76. The van der Waals surface area contributed by atoms with E-state index in [1.807, 2.05) is 12.1 Å². The minimum absolute atomic E-state index is 0.354. The first kappa shape index (κ1) is 12.9. The van der Waals surface area contributed by atoms with Crippen molar-refractivity contribution in [2.24, 2.45) is 0 Å². The van der Waals surface area contributed by atoms with Crippen molar-refractivity contribution in [3.8, 4) is 22.2 Å². The third-order valence-electron chi connectivity index (χ3n) is 2.41. The van der Waals surface area contributed by atoms with Crippen molar-refractivity contribution in [1.82, 2.24) is 10.1 Å². The molecule has 3 rings (SSSR count). The van der Waals surface area contributed by atoms with Gasteiger partial charge in [0.15, 0.2) is 0 Å². The van der Waals surface area contributed by atoms with Crippen molar-refractivity contribution in [1.29, 1.82) is 0 Å². The van der Waals surface area contributed by atoms with Gasteiger partial charge in [0.2, 0.25) is 5.82 Å². The molecule has 3 aromatic rings. The molecule has 0 saturated carbocycles. The van der Waals surface area contributed by atoms with Crippen molar-refractivity contribution in [2.75, 3.05) is 0 Å². The number of benzene rings is 1. The summed E-state index contributed by atoms with van der Waals surface area (Å²) in [6.45, 7) is 0. The Kier molecular flexibility index (Phi) is 3.50. The molecule has 0 aliphatic heterocycles. The summed E-state index contributed by atoms with van der Waals surface area (Å²) in [5.74, 6) is 0.833. The Hall–Kier alpha value is -1.07. The van der Waals surface area contributed by atoms with E-state index in [0.29, 0.717) is 31.7 Å². The van der Waals surface area contributed by atoms with Gasteiger partial charge >= 0.3 is 0 Å². The molecule has 2 aromatic heterocycles. The molecule has 3 nitrogen and oxygen atoms in total. The van der Waals surface area contributed by atoms with E-state index in [4.69, 9.17) is 39.3 Å². The third-order valence-corrected chi connectivity index (χ3v) is 4.66. The molecular formula is C12H5Cl3N2OS. The van der Waals surface area contributed by atoms with E-state index in [2.05, 4.69) is 10.1 Å². The van der Waals surface area contributed by atoms with Gasteiger partial charge in [-0.15, -0.1) is 11.3 Å². The van der Waals surface area contributed by atoms with Crippen LogP contribution in [0.3, 0.4) is 0 Å². The highest BCUT2D eigenvalue weighted by Gasteiger charge is 2.17. The highest BCUT2D eigenvalue weighted by atomic mass is 35.5. The molecule has 0 amide bonds. The Morgan fingerprint density at radius 2 is 1.79 bits per heavy atom. The maximum absolute atomic E-state index is 6.05. The summed E-state index contributed by atoms with van der Waals surface area (Å²) >= 11 is 19.1. The minimum Gasteiger partial charge on any atom is -0.333 e. The molecule has 0 spiro atoms. The molecule has 0 atom stereocenters. The second-order valence-electron chi connectivity index (χ2n) is 3.66. The van der Waals surface area contributed by atoms with E-state index in [0.717, 1.165) is 5.56 Å². The third kappa shape index (κ3) is 2.49. The van der Waals surface area contributed by atoms with Gasteiger partial charge in [0.25, 0.3) is 5.89 Å². The lowest BCUT2D eigenvalue weighted by molar-refractivity contribution is 0.433. The molecule has 0 N–H and O–H groups in total. The molecule has 0 radical (unpaired) electrons. The first-order valence-corrected chi connectivity index (χ1v) is 7.19. The number of aromatic nitrogens is 2. The summed E-state index contributed by atoms with van der Waals surface area (Å²) in [5.41, 5.74) is 0.818. The van der Waals surface area contributed by atoms with Crippen LogP contribution in [-0.4, -0.2) is 10.1 Å². The van der Waals surface area contributed by atoms with Gasteiger partial charge in [0.05, 0.1) is 10.0 Å². The zero-order valence-electron chi connectivity index (χ0n) is 9.23. The Labute approximate surface area is 127 Å². The van der Waals surface area contributed by atoms with Crippen LogP contribution in [0, 0.1) is 0 Å². The van der Waals surface area contributed by atoms with Crippen LogP contribution in [0.1, 0.15) is 0 Å². The summed E-state index contributed by atoms with van der Waals surface area (Å²) in [5, 5.41) is 7.21. The van der Waals surface area contributed by atoms with Crippen molar-refractivity contribution in [3.05, 3.63) is 44.7 Å². The molecule has 7 heteroatoms. The zero-order chi connectivity index (χ0) is 13.4. The molecular weight excluding hydrogens is 327 g/mol. The summed E-state index contributed by atoms with van der Waals surface area (Å²) in [4.78, 5) is 4.97. The monoisotopic (exact) mass is 330 g/mol. The number of rotatable bonds is 2. The highest BCUT2D eigenvalue weighted by molar-refractivity contribution is 7.14. The summed E-state index contributed by atoms with van der Waals surface area (Å²) in [7, 11) is 0. The lowest BCUT2D eigenvalue weighted by Crippen LogP contribution is -1.80. The summed E-state index contributed by atoms with van der Waals surface area (Å²) < 4.78 is 5.20. The largest absolute Gasteiger partial charge is 0.333 e. The smallest absolute Gasteiger partial charge is 0.269 e. The Bertz CT molecular complexity index is 721. The van der Waals surface area contributed by atoms with Crippen LogP contribution in [-0.2, 0) is 0 Å². The fourth-order valence-electron chi connectivity index (χ4n) is 1.50. The Morgan fingerprint density at radius 3 is 2.42 bits per heavy atom. The van der Waals surface area contributed by atoms with Gasteiger partial charge < -0.3 is 4.52 Å². The van der Waals surface area contributed by atoms with E-state index in [-0.39, 0.29) is 0 Å². The molecule has 0 unspecified atom stereocenters. The summed E-state index contributed by atoms with van der Waals surface area (Å²) in [6.07, 6.45) is 0. The van der Waals surface area contributed by atoms with E-state index in [9.17, 15) is 0 Å². The highest BCUT2D eigenvalue weighted by Crippen LogP contribution is 2.39. The maximum Gasteiger partial charge on any atom is 0.269 e. The molecule has 2 heterocycles. The van der Waals surface area contributed by atoms with E-state index in [1.165, 1.54) is 11.3 Å². The van der Waals surface area contributed by atoms with Gasteiger partial charge in [-0.25, -0.2) is 0 Å². The van der Waals surface area contributed by atoms with E-state index in [1.54, 1.807) is 17.5 Å². The number of hydrogen-bond acceptors (Lipinski definition) is 4. The van der Waals surface area contributed by atoms with Gasteiger partial charge in [-0.3, -0.25) is 0 Å². The number of hydrogen-bond donors (Lipinski definition) is 0. The standard InChI is InChI=1S/C12H5Cl3N2OS/c13-7-3-1-6(2-4-7)11-16-12(18-17-11)10-9(15)8(14)5-19-10/h1-5H. The number of nitrogens with zero attached hydrogens (tertiary/aromatic N) is 2. The quantitative estimate of drug-likeness (QED) is 0.629. The van der Waals surface area contributed by atoms with Crippen LogP contribution in [0.4, 0.5) is 0 Å². The van der Waals surface area contributed by atoms with Crippen LogP contribution in [0.15, 0.2) is 34.2 Å². The topological polar surface area (TPSA) is 38.9 Å². The van der Waals surface area contributed by atoms with Gasteiger partial charge in [0.1, 0.15) is 4.88 Å². The second kappa shape index (κ2) is 5.13. The SMILES string of the molecule is Clc1ccc(-c2noc(-c3scc(Cl)c3Cl)n2)cc1. The van der Waals surface area contributed by atoms with Gasteiger partial charge in [0, 0.05) is 16.0 Å². The zero-order valence-corrected chi connectivity index (χ0v) is 12.3. The fraction of sp³-hybridized carbons (Fsp3) is 0. The van der Waals surface area contributed by atoms with Crippen molar-refractivity contribution in [3.63, 3.8) is 0 Å². The lowest BCUT2D eigenvalue weighted by Gasteiger charge is -1.93. The van der Waals surface area contributed by atoms with Gasteiger partial charge in [-0.1, -0.05) is 40.0 Å². The minimum atomic E-state index is 0.354. The molecule has 0 fully saturated rings. The molecule has 1 aromatic carbocycles. The van der Waals surface area contributed by atoms with E-state index >= 15 is 0 Å². The first-order valence-electron chi connectivity index (χ1n) is 5.17. The average molecular weight is 332 g/mol. The van der Waals surface area contributed by atoms with E-state index < -0.39 is 0 Å². The first-order chi connectivity index (χ1) is 9.15. The lowest BCUT2D eigenvalue weighted by atomic mass is 10.2. The number of thiophene rings is 1. The Balaban J connectivity index is 2.00. The molecule has 0 aliphatic carbocycles. The van der Waals surface area contributed by atoms with Crippen molar-refractivity contribution < 1.29 is 4.52 Å². The molecule has 96 valence electrons. The summed E-state index contributed by atoms with van der Waals surface area (Å²) in [6, 6.07) is 7.17. The molecule has 0 aliphatic rings. The van der Waals surface area contributed by atoms with Crippen LogP contribution < -0.4 is 0 Å². The van der Waals surface area contributed by atoms with Crippen LogP contribution in [0.5, 0.6) is 0 Å². The van der Waals surface area contributed by atoms with Crippen molar-refractivity contribution in [2.45, 2.75) is 0 Å². The van der Waals surface area contributed by atoms with Crippen LogP contribution in [0.25, 0.3) is 22.2 Å². The predicted octanol–water partition coefficient (Wildman–Crippen LogP) is 5.43. The van der Waals surface area contributed by atoms with Crippen molar-refractivity contribution >= 4 is 46.1 Å². The van der Waals surface area contributed by atoms with Gasteiger partial charge in [-0.2, -0.15) is 4.98 Å². The molecule has 19 heavy (non-hydrogen) atoms. The van der Waals surface area contributed by atoms with Crippen LogP contribution in [0.2, 0.25) is 15.1 Å². The normalized spacial score (nSPS) is 10.9.